The first-order valence-corrected chi connectivity index (χ1v) is 22.9. The molecule has 56 heavy (non-hydrogen) atoms. The summed E-state index contributed by atoms with van der Waals surface area (Å²) in [6.07, 6.45) is 27.3. The van der Waals surface area contributed by atoms with Gasteiger partial charge in [-0.1, -0.05) is 136 Å². The van der Waals surface area contributed by atoms with Crippen LogP contribution in [0.25, 0.3) is 5.52 Å². The lowest BCUT2D eigenvalue weighted by molar-refractivity contribution is 0.00822. The van der Waals surface area contributed by atoms with E-state index in [1.54, 1.807) is 15.3 Å². The van der Waals surface area contributed by atoms with Gasteiger partial charge in [0.15, 0.2) is 5.82 Å². The molecule has 0 radical (unpaired) electrons. The highest BCUT2D eigenvalue weighted by Gasteiger charge is 2.30. The van der Waals surface area contributed by atoms with Crippen molar-refractivity contribution in [3.8, 4) is 6.07 Å². The van der Waals surface area contributed by atoms with Crippen LogP contribution in [-0.2, 0) is 20.6 Å². The summed E-state index contributed by atoms with van der Waals surface area (Å²) in [6.45, 7) is 7.21. The number of halogens is 1. The minimum Gasteiger partial charge on any atom is -0.382 e. The Morgan fingerprint density at radius 1 is 0.946 bits per heavy atom. The number of ether oxygens (including phenoxy) is 2. The fraction of sp³-hybridized carbons (Fsp3) is 0.705. The lowest BCUT2D eigenvalue weighted by Gasteiger charge is -2.27. The molecule has 4 unspecified atom stereocenters. The van der Waals surface area contributed by atoms with Crippen LogP contribution >= 0.6 is 8.53 Å². The van der Waals surface area contributed by atoms with E-state index in [0.717, 1.165) is 43.3 Å². The molecule has 4 atom stereocenters. The molecule has 10 nitrogen and oxygen atoms in total. The fourth-order valence-electron chi connectivity index (χ4n) is 7.39. The van der Waals surface area contributed by atoms with Crippen LogP contribution in [0.5, 0.6) is 0 Å². The van der Waals surface area contributed by atoms with Gasteiger partial charge >= 0.3 is 0 Å². The Bertz CT molecular complexity index is 1520. The topological polar surface area (TPSA) is 131 Å². The smallest absolute Gasteiger partial charge is 0.255 e. The number of fused-ring (bicyclic) bond motifs is 1. The molecule has 1 aromatic carbocycles. The molecule has 0 spiro atoms. The van der Waals surface area contributed by atoms with E-state index >= 15 is 0 Å². The van der Waals surface area contributed by atoms with Gasteiger partial charge in [0.2, 0.25) is 0 Å². The van der Waals surface area contributed by atoms with Crippen molar-refractivity contribution in [2.45, 2.75) is 181 Å². The van der Waals surface area contributed by atoms with Gasteiger partial charge in [-0.2, -0.15) is 10.4 Å². The van der Waals surface area contributed by atoms with Crippen LogP contribution in [0.2, 0.25) is 0 Å². The fourth-order valence-corrected chi connectivity index (χ4v) is 8.21. The molecule has 3 heterocycles. The lowest BCUT2D eigenvalue weighted by atomic mass is 10.0. The zero-order valence-corrected chi connectivity index (χ0v) is 35.9. The second-order valence-electron chi connectivity index (χ2n) is 15.1. The van der Waals surface area contributed by atoms with Gasteiger partial charge in [-0.05, 0) is 62.2 Å². The first-order valence-electron chi connectivity index (χ1n) is 21.8. The summed E-state index contributed by atoms with van der Waals surface area (Å²) < 4.78 is 36.2. The third kappa shape index (κ3) is 17.8. The molecule has 314 valence electrons. The Morgan fingerprint density at radius 3 is 2.16 bits per heavy atom. The number of hydrogen-bond acceptors (Lipinski definition) is 9. The minimum absolute atomic E-state index is 0.144. The monoisotopic (exact) mass is 799 g/mol. The molecule has 1 aliphatic heterocycles. The maximum absolute atomic E-state index is 14.1. The molecule has 1 aliphatic rings. The second-order valence-corrected chi connectivity index (χ2v) is 16.6. The predicted octanol–water partition coefficient (Wildman–Crippen LogP) is 11.8. The van der Waals surface area contributed by atoms with Gasteiger partial charge in [0, 0.05) is 6.54 Å². The molecule has 3 N–H and O–H groups in total. The van der Waals surface area contributed by atoms with Gasteiger partial charge in [0.1, 0.15) is 23.8 Å². The maximum atomic E-state index is 14.1. The number of benzene rings is 1. The molecular weight excluding hydrogens is 726 g/mol. The Morgan fingerprint density at radius 2 is 1.55 bits per heavy atom. The molecule has 4 rings (SSSR count). The number of rotatable bonds is 29. The Kier molecular flexibility index (Phi) is 24.4. The Balaban J connectivity index is 0.00000414. The highest BCUT2D eigenvalue weighted by Crippen LogP contribution is 2.39. The van der Waals surface area contributed by atoms with Crippen LogP contribution in [0, 0.1) is 17.1 Å². The number of unbranched alkanes of at least 4 members (excludes halogenated alkanes) is 17. The summed E-state index contributed by atoms with van der Waals surface area (Å²) >= 11 is 0. The lowest BCUT2D eigenvalue weighted by Crippen LogP contribution is -2.29. The number of nitriles is 1. The second kappa shape index (κ2) is 28.7. The molecular formula is C44H72FN6O4P. The van der Waals surface area contributed by atoms with Crippen LogP contribution in [0.15, 0.2) is 36.7 Å². The number of aromatic nitrogens is 3. The Labute approximate surface area is 338 Å². The average Bonchev–Trinajstić information content (AvgIpc) is 3.87. The summed E-state index contributed by atoms with van der Waals surface area (Å²) in [5, 5.41) is 13.6. The number of anilines is 1. The molecule has 3 aromatic rings. The third-order valence-corrected chi connectivity index (χ3v) is 11.7. The number of nitrogens with two attached hydrogens (primary N) is 1. The van der Waals surface area contributed by atoms with E-state index in [9.17, 15) is 14.5 Å². The molecule has 0 saturated carbocycles. The van der Waals surface area contributed by atoms with Crippen molar-refractivity contribution in [3.05, 3.63) is 59.3 Å². The summed E-state index contributed by atoms with van der Waals surface area (Å²) in [5.41, 5.74) is 8.57. The molecule has 1 fully saturated rings. The summed E-state index contributed by atoms with van der Waals surface area (Å²) in [4.78, 5) is 15.1. The largest absolute Gasteiger partial charge is 0.382 e. The molecule has 2 aromatic heterocycles. The maximum Gasteiger partial charge on any atom is 0.255 e. The summed E-state index contributed by atoms with van der Waals surface area (Å²) in [7, 11) is -0.0369. The van der Waals surface area contributed by atoms with E-state index < -0.39 is 14.3 Å². The zero-order chi connectivity index (χ0) is 40.4. The van der Waals surface area contributed by atoms with Gasteiger partial charge in [0.05, 0.1) is 42.7 Å². The van der Waals surface area contributed by atoms with Crippen LogP contribution in [0.3, 0.4) is 0 Å². The number of nitrogens with zero attached hydrogens (tertiary/aromatic N) is 5. The first-order chi connectivity index (χ1) is 27.4. The van der Waals surface area contributed by atoms with Crippen molar-refractivity contribution in [1.82, 2.24) is 19.3 Å². The Hall–Kier alpha value is -2.71. The highest BCUT2D eigenvalue weighted by atomic mass is 31.2. The normalized spacial score (nSPS) is 16.5. The van der Waals surface area contributed by atoms with Crippen molar-refractivity contribution in [3.63, 3.8) is 0 Å². The van der Waals surface area contributed by atoms with Gasteiger partial charge in [-0.3, -0.25) is 0 Å². The minimum atomic E-state index is -1.87. The van der Waals surface area contributed by atoms with Crippen LogP contribution < -0.4 is 5.73 Å². The van der Waals surface area contributed by atoms with E-state index in [0.29, 0.717) is 17.9 Å². The van der Waals surface area contributed by atoms with Gasteiger partial charge in [-0.15, -0.1) is 0 Å². The van der Waals surface area contributed by atoms with Crippen molar-refractivity contribution in [2.24, 2.45) is 0 Å². The van der Waals surface area contributed by atoms with Gasteiger partial charge < -0.3 is 24.6 Å². The van der Waals surface area contributed by atoms with Crippen molar-refractivity contribution in [2.75, 3.05) is 25.9 Å². The number of nitrogen functional groups attached to an aromatic ring is 1. The molecule has 0 amide bonds. The predicted molar refractivity (Wildman–Crippen MR) is 226 cm³/mol. The molecule has 12 heteroatoms. The van der Waals surface area contributed by atoms with Gasteiger partial charge in [-0.25, -0.2) is 18.6 Å². The SMILES string of the molecule is CC.CCCCCCCCCCCCCCCCCCCCC(CN(C)P(O)OCC1CCC(c2ccc3c(N)ncnn23)O1)OCc1cc(F)cc(C#N)c1. The van der Waals surface area contributed by atoms with E-state index in [-0.39, 0.29) is 37.1 Å². The van der Waals surface area contributed by atoms with Crippen molar-refractivity contribution >= 4 is 19.9 Å². The standard InChI is InChI=1S/C42H66FN6O4P.C2H6/c1-3-4-5-6-7-8-9-10-11-12-13-14-15-16-17-18-19-20-21-37(51-31-35-26-34(29-44)27-36(43)28-35)30-48(2)54(50)52-32-38-22-25-41(53-38)39-23-24-40-42(45)46-33-47-49(39)40;1-2/h23-24,26-28,33,37-38,41,50H,3-22,25,30-32H2,1-2H3,(H2,45,46,47);1-2H3. The average molecular weight is 799 g/mol. The number of hydrogen-bond donors (Lipinski definition) is 2. The summed E-state index contributed by atoms with van der Waals surface area (Å²) in [6, 6.07) is 10.2. The van der Waals surface area contributed by atoms with E-state index in [4.69, 9.17) is 19.7 Å². The third-order valence-electron chi connectivity index (χ3n) is 10.5. The first kappa shape index (κ1) is 47.7. The van der Waals surface area contributed by atoms with E-state index in [2.05, 4.69) is 17.0 Å². The molecule has 0 bridgehead atoms. The quantitative estimate of drug-likeness (QED) is 0.0520. The zero-order valence-electron chi connectivity index (χ0n) is 35.0. The number of likely N-dealkylation sites (N-methyl/N-ethyl adjacent to an activating group) is 1. The van der Waals surface area contributed by atoms with Crippen LogP contribution in [0.4, 0.5) is 10.2 Å². The van der Waals surface area contributed by atoms with Crippen LogP contribution in [-0.4, -0.2) is 56.6 Å². The van der Waals surface area contributed by atoms with E-state index in [1.165, 1.54) is 121 Å². The van der Waals surface area contributed by atoms with Crippen molar-refractivity contribution in [1.29, 1.82) is 5.26 Å². The molecule has 0 aliphatic carbocycles. The highest BCUT2D eigenvalue weighted by molar-refractivity contribution is 7.43. The van der Waals surface area contributed by atoms with Crippen LogP contribution in [0.1, 0.15) is 179 Å². The van der Waals surface area contributed by atoms with E-state index in [1.807, 2.05) is 39.1 Å². The van der Waals surface area contributed by atoms with Gasteiger partial charge in [0.25, 0.3) is 8.53 Å². The summed E-state index contributed by atoms with van der Waals surface area (Å²) in [5.74, 6) is -0.0236. The molecule has 1 saturated heterocycles. The van der Waals surface area contributed by atoms with Crippen molar-refractivity contribution < 1.29 is 23.3 Å².